The molecule has 0 saturated heterocycles. The molecule has 0 aliphatic rings. The van der Waals surface area contributed by atoms with Crippen molar-refractivity contribution >= 4 is 0 Å². The fourth-order valence-electron chi connectivity index (χ4n) is 1.44. The van der Waals surface area contributed by atoms with Crippen LogP contribution in [0.4, 0.5) is 0 Å². The number of hydrogen-bond acceptors (Lipinski definition) is 2. The zero-order valence-electron chi connectivity index (χ0n) is 10.1. The molecule has 2 nitrogen and oxygen atoms in total. The van der Waals surface area contributed by atoms with E-state index in [1.54, 1.807) is 0 Å². The Bertz CT molecular complexity index is 297. The Kier molecular flexibility index (Phi) is 3.75. The zero-order chi connectivity index (χ0) is 11.5. The highest BCUT2D eigenvalue weighted by Gasteiger charge is 2.21. The molecule has 0 fully saturated rings. The van der Waals surface area contributed by atoms with E-state index in [-0.39, 0.29) is 11.5 Å². The van der Waals surface area contributed by atoms with Crippen LogP contribution in [-0.4, -0.2) is 6.61 Å². The summed E-state index contributed by atoms with van der Waals surface area (Å²) in [5.41, 5.74) is 7.40. The van der Waals surface area contributed by atoms with Crippen LogP contribution in [0.5, 0.6) is 5.75 Å². The zero-order valence-corrected chi connectivity index (χ0v) is 10.1. The van der Waals surface area contributed by atoms with Crippen LogP contribution < -0.4 is 10.5 Å². The van der Waals surface area contributed by atoms with Crippen molar-refractivity contribution in [3.05, 3.63) is 29.8 Å². The van der Waals surface area contributed by atoms with Crippen molar-refractivity contribution in [3.8, 4) is 5.75 Å². The van der Waals surface area contributed by atoms with E-state index < -0.39 is 0 Å². The van der Waals surface area contributed by atoms with Gasteiger partial charge in [-0.3, -0.25) is 0 Å². The van der Waals surface area contributed by atoms with E-state index >= 15 is 0 Å². The van der Waals surface area contributed by atoms with Crippen LogP contribution in [0, 0.1) is 5.41 Å². The van der Waals surface area contributed by atoms with Crippen LogP contribution in [0.25, 0.3) is 0 Å². The minimum atomic E-state index is 0.0631. The Labute approximate surface area is 92.4 Å². The van der Waals surface area contributed by atoms with Gasteiger partial charge in [-0.15, -0.1) is 0 Å². The Balaban J connectivity index is 2.80. The van der Waals surface area contributed by atoms with Crippen LogP contribution in [0.15, 0.2) is 24.3 Å². The average molecular weight is 207 g/mol. The van der Waals surface area contributed by atoms with E-state index in [2.05, 4.69) is 20.8 Å². The summed E-state index contributed by atoms with van der Waals surface area (Å²) in [5, 5.41) is 0. The lowest BCUT2D eigenvalue weighted by Gasteiger charge is -2.27. The number of rotatable bonds is 3. The molecule has 0 heterocycles. The van der Waals surface area contributed by atoms with Crippen molar-refractivity contribution in [3.63, 3.8) is 0 Å². The molecule has 1 aromatic carbocycles. The molecule has 1 atom stereocenters. The minimum absolute atomic E-state index is 0.0631. The molecular formula is C13H21NO. The number of benzene rings is 1. The van der Waals surface area contributed by atoms with Crippen molar-refractivity contribution in [2.75, 3.05) is 6.61 Å². The van der Waals surface area contributed by atoms with Crippen molar-refractivity contribution in [2.24, 2.45) is 11.1 Å². The first kappa shape index (κ1) is 12.1. The molecular weight excluding hydrogens is 186 g/mol. The lowest BCUT2D eigenvalue weighted by Crippen LogP contribution is -2.26. The van der Waals surface area contributed by atoms with E-state index in [4.69, 9.17) is 10.5 Å². The Morgan fingerprint density at radius 3 is 2.13 bits per heavy atom. The molecule has 15 heavy (non-hydrogen) atoms. The largest absolute Gasteiger partial charge is 0.494 e. The summed E-state index contributed by atoms with van der Waals surface area (Å²) >= 11 is 0. The molecule has 2 heteroatoms. The molecule has 1 rings (SSSR count). The first-order valence-electron chi connectivity index (χ1n) is 5.43. The van der Waals surface area contributed by atoms with Gasteiger partial charge in [-0.2, -0.15) is 0 Å². The summed E-state index contributed by atoms with van der Waals surface area (Å²) in [6.07, 6.45) is 0. The third kappa shape index (κ3) is 3.24. The van der Waals surface area contributed by atoms with Gasteiger partial charge in [0.2, 0.25) is 0 Å². The molecule has 84 valence electrons. The molecule has 0 radical (unpaired) electrons. The van der Waals surface area contributed by atoms with E-state index in [1.165, 1.54) is 0 Å². The van der Waals surface area contributed by atoms with Gasteiger partial charge in [-0.05, 0) is 30.0 Å². The topological polar surface area (TPSA) is 35.2 Å². The molecule has 0 aliphatic carbocycles. The molecule has 0 saturated carbocycles. The molecule has 0 amide bonds. The summed E-state index contributed by atoms with van der Waals surface area (Å²) in [6.45, 7) is 9.12. The summed E-state index contributed by atoms with van der Waals surface area (Å²) in [5.74, 6) is 0.905. The molecule has 0 bridgehead atoms. The van der Waals surface area contributed by atoms with Crippen LogP contribution in [0.2, 0.25) is 0 Å². The number of ether oxygens (including phenoxy) is 1. The highest BCUT2D eigenvalue weighted by Crippen LogP contribution is 2.30. The fraction of sp³-hybridized carbons (Fsp3) is 0.538. The third-order valence-corrected chi connectivity index (χ3v) is 2.48. The molecule has 0 spiro atoms. The lowest BCUT2D eigenvalue weighted by molar-refractivity contribution is 0.324. The highest BCUT2D eigenvalue weighted by atomic mass is 16.5. The Hall–Kier alpha value is -1.02. The average Bonchev–Trinajstić information content (AvgIpc) is 2.17. The second-order valence-corrected chi connectivity index (χ2v) is 4.85. The van der Waals surface area contributed by atoms with Gasteiger partial charge >= 0.3 is 0 Å². The van der Waals surface area contributed by atoms with Crippen LogP contribution in [0.1, 0.15) is 39.3 Å². The second kappa shape index (κ2) is 4.67. The van der Waals surface area contributed by atoms with E-state index in [0.717, 1.165) is 11.3 Å². The predicted octanol–water partition coefficient (Wildman–Crippen LogP) is 3.13. The van der Waals surface area contributed by atoms with E-state index in [9.17, 15) is 0 Å². The van der Waals surface area contributed by atoms with E-state index in [1.807, 2.05) is 31.2 Å². The van der Waals surface area contributed by atoms with Gasteiger partial charge in [0.1, 0.15) is 5.75 Å². The van der Waals surface area contributed by atoms with Gasteiger partial charge in [0.25, 0.3) is 0 Å². The fourth-order valence-corrected chi connectivity index (χ4v) is 1.44. The van der Waals surface area contributed by atoms with Crippen molar-refractivity contribution in [1.82, 2.24) is 0 Å². The van der Waals surface area contributed by atoms with Gasteiger partial charge in [-0.25, -0.2) is 0 Å². The maximum Gasteiger partial charge on any atom is 0.119 e. The van der Waals surface area contributed by atoms with Crippen LogP contribution in [0.3, 0.4) is 0 Å². The van der Waals surface area contributed by atoms with Gasteiger partial charge in [0.15, 0.2) is 0 Å². The molecule has 0 aliphatic heterocycles. The first-order chi connectivity index (χ1) is 6.95. The van der Waals surface area contributed by atoms with E-state index in [0.29, 0.717) is 6.61 Å². The minimum Gasteiger partial charge on any atom is -0.494 e. The monoisotopic (exact) mass is 207 g/mol. The number of nitrogens with two attached hydrogens (primary N) is 1. The standard InChI is InChI=1S/C13H21NO/c1-5-15-11-8-6-10(7-9-11)12(14)13(2,3)4/h6-9,12H,5,14H2,1-4H3/t12-/m0/s1. The van der Waals surface area contributed by atoms with Crippen molar-refractivity contribution in [1.29, 1.82) is 0 Å². The van der Waals surface area contributed by atoms with Crippen LogP contribution >= 0.6 is 0 Å². The maximum atomic E-state index is 6.16. The summed E-state index contributed by atoms with van der Waals surface area (Å²) in [7, 11) is 0. The summed E-state index contributed by atoms with van der Waals surface area (Å²) < 4.78 is 5.39. The molecule has 0 aromatic heterocycles. The summed E-state index contributed by atoms with van der Waals surface area (Å²) in [6, 6.07) is 8.10. The molecule has 0 unspecified atom stereocenters. The molecule has 1 aromatic rings. The normalized spacial score (nSPS) is 13.7. The van der Waals surface area contributed by atoms with Gasteiger partial charge in [-0.1, -0.05) is 32.9 Å². The Morgan fingerprint density at radius 1 is 1.20 bits per heavy atom. The van der Waals surface area contributed by atoms with Crippen molar-refractivity contribution < 1.29 is 4.74 Å². The first-order valence-corrected chi connectivity index (χ1v) is 5.43. The summed E-state index contributed by atoms with van der Waals surface area (Å²) in [4.78, 5) is 0. The predicted molar refractivity (Wildman–Crippen MR) is 64.0 cm³/mol. The SMILES string of the molecule is CCOc1ccc([C@H](N)C(C)(C)C)cc1. The highest BCUT2D eigenvalue weighted by molar-refractivity contribution is 5.29. The van der Waals surface area contributed by atoms with Gasteiger partial charge in [0.05, 0.1) is 6.61 Å². The maximum absolute atomic E-state index is 6.16. The molecule has 2 N–H and O–H groups in total. The smallest absolute Gasteiger partial charge is 0.119 e. The van der Waals surface area contributed by atoms with Crippen LogP contribution in [-0.2, 0) is 0 Å². The third-order valence-electron chi connectivity index (χ3n) is 2.48. The second-order valence-electron chi connectivity index (χ2n) is 4.85. The quantitative estimate of drug-likeness (QED) is 0.826. The number of hydrogen-bond donors (Lipinski definition) is 1. The lowest BCUT2D eigenvalue weighted by atomic mass is 9.83. The Morgan fingerprint density at radius 2 is 1.73 bits per heavy atom. The van der Waals surface area contributed by atoms with Gasteiger partial charge in [0, 0.05) is 6.04 Å². The van der Waals surface area contributed by atoms with Gasteiger partial charge < -0.3 is 10.5 Å². The van der Waals surface area contributed by atoms with Crippen molar-refractivity contribution in [2.45, 2.75) is 33.7 Å².